The van der Waals surface area contributed by atoms with Crippen molar-refractivity contribution >= 4 is 23.0 Å². The number of halogens is 1. The number of rotatable bonds is 4. The van der Waals surface area contributed by atoms with Crippen molar-refractivity contribution in [2.45, 2.75) is 86.0 Å². The minimum atomic E-state index is 0.111. The van der Waals surface area contributed by atoms with E-state index in [1.165, 1.54) is 28.0 Å². The highest BCUT2D eigenvalue weighted by Crippen LogP contribution is 2.41. The summed E-state index contributed by atoms with van der Waals surface area (Å²) in [6.07, 6.45) is 6.69. The molecule has 0 amide bonds. The van der Waals surface area contributed by atoms with E-state index in [-0.39, 0.29) is 16.2 Å². The Balaban J connectivity index is 1.81. The summed E-state index contributed by atoms with van der Waals surface area (Å²) in [5.41, 5.74) is 10.4. The summed E-state index contributed by atoms with van der Waals surface area (Å²) in [4.78, 5) is 2.39. The van der Waals surface area contributed by atoms with Crippen LogP contribution in [0.4, 0.5) is 11.4 Å². The number of allylic oxidation sites excluding steroid dienone is 4. The van der Waals surface area contributed by atoms with Crippen molar-refractivity contribution in [2.75, 3.05) is 4.90 Å². The molecular weight excluding hydrogens is 482 g/mol. The minimum absolute atomic E-state index is 0.111. The molecule has 0 spiro atoms. The van der Waals surface area contributed by atoms with Crippen LogP contribution in [-0.4, -0.2) is 0 Å². The lowest BCUT2D eigenvalue weighted by atomic mass is 9.81. The largest absolute Gasteiger partial charge is 0.314 e. The smallest absolute Gasteiger partial charge is 0.0479 e. The van der Waals surface area contributed by atoms with Crippen LogP contribution >= 0.6 is 11.6 Å². The highest BCUT2D eigenvalue weighted by Gasteiger charge is 2.24. The molecule has 0 bridgehead atoms. The Hall–Kier alpha value is -2.77. The van der Waals surface area contributed by atoms with Gasteiger partial charge in [0.2, 0.25) is 0 Å². The van der Waals surface area contributed by atoms with Crippen LogP contribution in [0.5, 0.6) is 0 Å². The summed E-state index contributed by atoms with van der Waals surface area (Å²) in [7, 11) is 0. The zero-order chi connectivity index (χ0) is 27.9. The second kappa shape index (κ2) is 10.4. The van der Waals surface area contributed by atoms with E-state index in [4.69, 9.17) is 11.6 Å². The SMILES string of the molecule is CC(C)(C)C1=CC=C(N(c2ccc(C(C)(C)C)cc2)c2cc(Cl)cc(-c3ccc(C(C)(C)C)cc3)c2)CC1. The first kappa shape index (κ1) is 28.2. The monoisotopic (exact) mass is 525 g/mol. The predicted molar refractivity (Wildman–Crippen MR) is 168 cm³/mol. The van der Waals surface area contributed by atoms with Gasteiger partial charge in [-0.1, -0.05) is 122 Å². The molecule has 3 aromatic rings. The predicted octanol–water partition coefficient (Wildman–Crippen LogP) is 11.4. The van der Waals surface area contributed by atoms with Gasteiger partial charge in [-0.05, 0) is 87.7 Å². The van der Waals surface area contributed by atoms with Gasteiger partial charge in [0.1, 0.15) is 0 Å². The highest BCUT2D eigenvalue weighted by molar-refractivity contribution is 6.31. The Labute approximate surface area is 236 Å². The molecule has 200 valence electrons. The van der Waals surface area contributed by atoms with E-state index in [9.17, 15) is 0 Å². The first-order chi connectivity index (χ1) is 17.6. The average molecular weight is 526 g/mol. The molecule has 38 heavy (non-hydrogen) atoms. The molecule has 0 aromatic heterocycles. The van der Waals surface area contributed by atoms with E-state index in [1.54, 1.807) is 0 Å². The Kier molecular flexibility index (Phi) is 7.74. The van der Waals surface area contributed by atoms with Gasteiger partial charge in [0, 0.05) is 22.1 Å². The van der Waals surface area contributed by atoms with Crippen LogP contribution in [0.2, 0.25) is 5.02 Å². The van der Waals surface area contributed by atoms with Gasteiger partial charge in [-0.15, -0.1) is 0 Å². The third-order valence-electron chi connectivity index (χ3n) is 7.59. The van der Waals surface area contributed by atoms with E-state index < -0.39 is 0 Å². The van der Waals surface area contributed by atoms with Crippen molar-refractivity contribution in [1.82, 2.24) is 0 Å². The lowest BCUT2D eigenvalue weighted by molar-refractivity contribution is 0.479. The molecule has 1 aliphatic rings. The van der Waals surface area contributed by atoms with Gasteiger partial charge >= 0.3 is 0 Å². The average Bonchev–Trinajstić information content (AvgIpc) is 2.83. The Morgan fingerprint density at radius 3 is 1.58 bits per heavy atom. The molecule has 0 atom stereocenters. The standard InChI is InChI=1S/C36H44ClN/c1-34(2,3)27-12-10-25(11-13-27)26-22-30(37)24-33(23-26)38(31-18-14-28(15-19-31)35(4,5)6)32-20-16-29(17-21-32)36(7,8)9/h10-16,18-20,22-24H,17,21H2,1-9H3. The van der Waals surface area contributed by atoms with Crippen LogP contribution in [0, 0.1) is 5.41 Å². The van der Waals surface area contributed by atoms with Crippen molar-refractivity contribution in [1.29, 1.82) is 0 Å². The summed E-state index contributed by atoms with van der Waals surface area (Å²) in [5, 5.41) is 0.746. The van der Waals surface area contributed by atoms with Crippen LogP contribution < -0.4 is 4.90 Å². The minimum Gasteiger partial charge on any atom is -0.314 e. The third-order valence-corrected chi connectivity index (χ3v) is 7.81. The lowest BCUT2D eigenvalue weighted by Crippen LogP contribution is -2.20. The van der Waals surface area contributed by atoms with Gasteiger partial charge < -0.3 is 4.90 Å². The Morgan fingerprint density at radius 1 is 0.553 bits per heavy atom. The maximum atomic E-state index is 6.78. The quantitative estimate of drug-likeness (QED) is 0.327. The molecular formula is C36H44ClN. The topological polar surface area (TPSA) is 3.24 Å². The molecule has 0 saturated heterocycles. The fraction of sp³-hybridized carbons (Fsp3) is 0.389. The van der Waals surface area contributed by atoms with Crippen molar-refractivity contribution < 1.29 is 0 Å². The van der Waals surface area contributed by atoms with Crippen LogP contribution in [0.1, 0.15) is 86.3 Å². The van der Waals surface area contributed by atoms with Gasteiger partial charge in [-0.25, -0.2) is 0 Å². The number of hydrogen-bond donors (Lipinski definition) is 0. The molecule has 0 saturated carbocycles. The number of hydrogen-bond acceptors (Lipinski definition) is 1. The maximum Gasteiger partial charge on any atom is 0.0479 e. The molecule has 1 nitrogen and oxygen atoms in total. The van der Waals surface area contributed by atoms with Crippen LogP contribution in [0.3, 0.4) is 0 Å². The molecule has 0 fully saturated rings. The van der Waals surface area contributed by atoms with Gasteiger partial charge in [0.15, 0.2) is 0 Å². The second-order valence-electron chi connectivity index (χ2n) is 13.8. The normalized spacial score (nSPS) is 14.7. The summed E-state index contributed by atoms with van der Waals surface area (Å²) >= 11 is 6.78. The summed E-state index contributed by atoms with van der Waals surface area (Å²) in [6.45, 7) is 20.4. The Morgan fingerprint density at radius 2 is 1.11 bits per heavy atom. The third kappa shape index (κ3) is 6.44. The fourth-order valence-corrected chi connectivity index (χ4v) is 5.29. The molecule has 0 radical (unpaired) electrons. The van der Waals surface area contributed by atoms with Gasteiger partial charge in [-0.3, -0.25) is 0 Å². The van der Waals surface area contributed by atoms with Crippen molar-refractivity contribution in [3.63, 3.8) is 0 Å². The summed E-state index contributed by atoms with van der Waals surface area (Å²) in [6, 6.07) is 24.4. The first-order valence-corrected chi connectivity index (χ1v) is 14.2. The van der Waals surface area contributed by atoms with E-state index in [0.29, 0.717) is 0 Å². The number of anilines is 2. The van der Waals surface area contributed by atoms with Gasteiger partial charge in [-0.2, -0.15) is 0 Å². The van der Waals surface area contributed by atoms with E-state index in [0.717, 1.165) is 34.8 Å². The lowest BCUT2D eigenvalue weighted by Gasteiger charge is -2.33. The van der Waals surface area contributed by atoms with Crippen LogP contribution in [0.15, 0.2) is 90.2 Å². The molecule has 4 rings (SSSR count). The van der Waals surface area contributed by atoms with Crippen LogP contribution in [0.25, 0.3) is 11.1 Å². The van der Waals surface area contributed by atoms with Gasteiger partial charge in [0.25, 0.3) is 0 Å². The summed E-state index contributed by atoms with van der Waals surface area (Å²) < 4.78 is 0. The van der Waals surface area contributed by atoms with Gasteiger partial charge in [0.05, 0.1) is 0 Å². The molecule has 0 heterocycles. The van der Waals surface area contributed by atoms with Crippen molar-refractivity contribution in [3.05, 3.63) is 106 Å². The molecule has 3 aromatic carbocycles. The van der Waals surface area contributed by atoms with E-state index in [2.05, 4.69) is 146 Å². The first-order valence-electron chi connectivity index (χ1n) is 13.9. The van der Waals surface area contributed by atoms with E-state index >= 15 is 0 Å². The van der Waals surface area contributed by atoms with Crippen molar-refractivity contribution in [2.24, 2.45) is 5.41 Å². The molecule has 2 heteroatoms. The van der Waals surface area contributed by atoms with E-state index in [1.807, 2.05) is 0 Å². The zero-order valence-electron chi connectivity index (χ0n) is 24.7. The van der Waals surface area contributed by atoms with Crippen molar-refractivity contribution in [3.8, 4) is 11.1 Å². The molecule has 0 N–H and O–H groups in total. The number of nitrogens with zero attached hydrogens (tertiary/aromatic N) is 1. The molecule has 0 aliphatic heterocycles. The zero-order valence-corrected chi connectivity index (χ0v) is 25.5. The second-order valence-corrected chi connectivity index (χ2v) is 14.2. The van der Waals surface area contributed by atoms with Crippen LogP contribution in [-0.2, 0) is 10.8 Å². The molecule has 0 unspecified atom stereocenters. The number of benzene rings is 3. The maximum absolute atomic E-state index is 6.78. The summed E-state index contributed by atoms with van der Waals surface area (Å²) in [5.74, 6) is 0. The molecule has 1 aliphatic carbocycles. The fourth-order valence-electron chi connectivity index (χ4n) is 5.06. The Bertz CT molecular complexity index is 1330. The highest BCUT2D eigenvalue weighted by atomic mass is 35.5.